The summed E-state index contributed by atoms with van der Waals surface area (Å²) in [6.07, 6.45) is 3.81. The molecule has 0 unspecified atom stereocenters. The number of anilines is 1. The van der Waals surface area contributed by atoms with E-state index in [1.807, 2.05) is 26.0 Å². The number of hydrogen-bond donors (Lipinski definition) is 2. The number of rotatable bonds is 3. The van der Waals surface area contributed by atoms with Gasteiger partial charge in [0.25, 0.3) is 5.91 Å². The van der Waals surface area contributed by atoms with Gasteiger partial charge in [-0.1, -0.05) is 17.7 Å². The summed E-state index contributed by atoms with van der Waals surface area (Å²) >= 11 is 0. The molecule has 2 rings (SSSR count). The van der Waals surface area contributed by atoms with Crippen LogP contribution in [0.25, 0.3) is 0 Å². The lowest BCUT2D eigenvalue weighted by Crippen LogP contribution is -3.17. The van der Waals surface area contributed by atoms with Gasteiger partial charge >= 0.3 is 0 Å². The number of benzene rings is 1. The van der Waals surface area contributed by atoms with Gasteiger partial charge in [0, 0.05) is 5.69 Å². The van der Waals surface area contributed by atoms with Crippen molar-refractivity contribution in [3.63, 3.8) is 0 Å². The van der Waals surface area contributed by atoms with Crippen LogP contribution in [-0.4, -0.2) is 25.0 Å². The average molecular weight is 261 g/mol. The number of carbonyl (C=O) groups excluding carboxylic acids is 1. The van der Waals surface area contributed by atoms with Crippen molar-refractivity contribution in [2.45, 2.75) is 46.1 Å². The number of piperidine rings is 1. The molecule has 1 saturated heterocycles. The summed E-state index contributed by atoms with van der Waals surface area (Å²) in [4.78, 5) is 13.7. The Bertz CT molecular complexity index is 450. The molecule has 3 nitrogen and oxygen atoms in total. The lowest BCUT2D eigenvalue weighted by Gasteiger charge is -2.28. The molecule has 1 aliphatic heterocycles. The number of nitrogens with one attached hydrogen (secondary N) is 2. The third-order valence-corrected chi connectivity index (χ3v) is 4.14. The van der Waals surface area contributed by atoms with Gasteiger partial charge in [-0.25, -0.2) is 0 Å². The van der Waals surface area contributed by atoms with Crippen molar-refractivity contribution in [1.29, 1.82) is 0 Å². The molecule has 1 fully saturated rings. The Morgan fingerprint density at radius 2 is 1.89 bits per heavy atom. The van der Waals surface area contributed by atoms with Crippen LogP contribution in [0.5, 0.6) is 0 Å². The molecule has 0 radical (unpaired) electrons. The maximum absolute atomic E-state index is 12.3. The molecular weight excluding hydrogens is 236 g/mol. The van der Waals surface area contributed by atoms with Crippen LogP contribution in [0.15, 0.2) is 18.2 Å². The minimum atomic E-state index is 0.0426. The molecule has 1 amide bonds. The highest BCUT2D eigenvalue weighted by Gasteiger charge is 2.26. The lowest BCUT2D eigenvalue weighted by molar-refractivity contribution is -0.918. The molecule has 1 atom stereocenters. The van der Waals surface area contributed by atoms with E-state index in [-0.39, 0.29) is 11.9 Å². The summed E-state index contributed by atoms with van der Waals surface area (Å²) < 4.78 is 0. The van der Waals surface area contributed by atoms with E-state index in [9.17, 15) is 4.79 Å². The molecule has 2 N–H and O–H groups in total. The Morgan fingerprint density at radius 1 is 1.21 bits per heavy atom. The van der Waals surface area contributed by atoms with Crippen molar-refractivity contribution >= 4 is 11.6 Å². The molecule has 104 valence electrons. The van der Waals surface area contributed by atoms with Crippen LogP contribution in [0.1, 0.15) is 37.3 Å². The number of carbonyl (C=O) groups is 1. The van der Waals surface area contributed by atoms with E-state index >= 15 is 0 Å². The Kier molecular flexibility index (Phi) is 4.59. The summed E-state index contributed by atoms with van der Waals surface area (Å²) in [5, 5.41) is 3.07. The standard InChI is InChI=1S/C16H24N2O/c1-12-7-8-15(13(2)11-12)17-16(19)14(3)18-9-5-4-6-10-18/h7-8,11,14H,4-6,9-10H2,1-3H3,(H,17,19)/p+1/t14-/m1/s1. The normalized spacial score (nSPS) is 18.1. The molecule has 0 bridgehead atoms. The van der Waals surface area contributed by atoms with Crippen LogP contribution in [0.3, 0.4) is 0 Å². The van der Waals surface area contributed by atoms with Gasteiger partial charge in [0.15, 0.2) is 6.04 Å². The maximum Gasteiger partial charge on any atom is 0.282 e. The average Bonchev–Trinajstić information content (AvgIpc) is 2.42. The van der Waals surface area contributed by atoms with E-state index in [1.54, 1.807) is 0 Å². The largest absolute Gasteiger partial charge is 0.325 e. The maximum atomic E-state index is 12.3. The third-order valence-electron chi connectivity index (χ3n) is 4.14. The van der Waals surface area contributed by atoms with Gasteiger partial charge in [-0.15, -0.1) is 0 Å². The van der Waals surface area contributed by atoms with Gasteiger partial charge < -0.3 is 10.2 Å². The van der Waals surface area contributed by atoms with Crippen LogP contribution in [0.4, 0.5) is 5.69 Å². The Morgan fingerprint density at radius 3 is 2.53 bits per heavy atom. The van der Waals surface area contributed by atoms with Crippen molar-refractivity contribution in [2.24, 2.45) is 0 Å². The van der Waals surface area contributed by atoms with Crippen molar-refractivity contribution in [1.82, 2.24) is 0 Å². The highest BCUT2D eigenvalue weighted by molar-refractivity contribution is 5.94. The predicted molar refractivity (Wildman–Crippen MR) is 78.6 cm³/mol. The fourth-order valence-corrected chi connectivity index (χ4v) is 2.82. The van der Waals surface area contributed by atoms with Crippen LogP contribution in [0, 0.1) is 13.8 Å². The highest BCUT2D eigenvalue weighted by Crippen LogP contribution is 2.16. The molecule has 19 heavy (non-hydrogen) atoms. The van der Waals surface area contributed by atoms with E-state index in [0.717, 1.165) is 24.3 Å². The topological polar surface area (TPSA) is 33.5 Å². The molecule has 1 heterocycles. The quantitative estimate of drug-likeness (QED) is 0.853. The van der Waals surface area contributed by atoms with E-state index in [0.29, 0.717) is 0 Å². The zero-order valence-electron chi connectivity index (χ0n) is 12.3. The second kappa shape index (κ2) is 6.20. The van der Waals surface area contributed by atoms with Crippen LogP contribution in [0.2, 0.25) is 0 Å². The molecule has 1 aromatic carbocycles. The third kappa shape index (κ3) is 3.57. The van der Waals surface area contributed by atoms with Crippen molar-refractivity contribution in [3.05, 3.63) is 29.3 Å². The Labute approximate surface area is 116 Å². The molecule has 0 aromatic heterocycles. The summed E-state index contributed by atoms with van der Waals surface area (Å²) in [6, 6.07) is 6.19. The molecule has 3 heteroatoms. The number of aryl methyl sites for hydroxylation is 2. The minimum Gasteiger partial charge on any atom is -0.325 e. The first-order valence-electron chi connectivity index (χ1n) is 7.30. The summed E-state index contributed by atoms with van der Waals surface area (Å²) in [6.45, 7) is 8.41. The number of hydrogen-bond acceptors (Lipinski definition) is 1. The predicted octanol–water partition coefficient (Wildman–Crippen LogP) is 1.70. The second-order valence-electron chi connectivity index (χ2n) is 5.75. The van der Waals surface area contributed by atoms with Gasteiger partial charge in [0.05, 0.1) is 13.1 Å². The van der Waals surface area contributed by atoms with E-state index < -0.39 is 0 Å². The van der Waals surface area contributed by atoms with E-state index in [2.05, 4.69) is 18.3 Å². The smallest absolute Gasteiger partial charge is 0.282 e. The molecule has 1 aliphatic rings. The molecule has 0 aliphatic carbocycles. The van der Waals surface area contributed by atoms with Gasteiger partial charge in [-0.3, -0.25) is 4.79 Å². The van der Waals surface area contributed by atoms with Crippen LogP contribution >= 0.6 is 0 Å². The van der Waals surface area contributed by atoms with Crippen LogP contribution < -0.4 is 10.2 Å². The fourth-order valence-electron chi connectivity index (χ4n) is 2.82. The monoisotopic (exact) mass is 261 g/mol. The summed E-state index contributed by atoms with van der Waals surface area (Å²) in [5.41, 5.74) is 3.30. The first-order valence-corrected chi connectivity index (χ1v) is 7.30. The number of likely N-dealkylation sites (tertiary alicyclic amines) is 1. The SMILES string of the molecule is Cc1ccc(NC(=O)[C@@H](C)[NH+]2CCCCC2)c(C)c1. The Balaban J connectivity index is 1.99. The summed E-state index contributed by atoms with van der Waals surface area (Å²) in [7, 11) is 0. The Hall–Kier alpha value is -1.35. The molecule has 0 saturated carbocycles. The number of quaternary nitrogens is 1. The lowest BCUT2D eigenvalue weighted by atomic mass is 10.1. The zero-order chi connectivity index (χ0) is 13.8. The van der Waals surface area contributed by atoms with Gasteiger partial charge in [0.2, 0.25) is 0 Å². The second-order valence-corrected chi connectivity index (χ2v) is 5.75. The summed E-state index contributed by atoms with van der Waals surface area (Å²) in [5.74, 6) is 0.142. The van der Waals surface area contributed by atoms with Crippen molar-refractivity contribution in [2.75, 3.05) is 18.4 Å². The molecule has 0 spiro atoms. The molecule has 1 aromatic rings. The van der Waals surface area contributed by atoms with E-state index in [4.69, 9.17) is 0 Å². The minimum absolute atomic E-state index is 0.0426. The zero-order valence-corrected chi connectivity index (χ0v) is 12.3. The van der Waals surface area contributed by atoms with Gasteiger partial charge in [-0.2, -0.15) is 0 Å². The van der Waals surface area contributed by atoms with Gasteiger partial charge in [0.1, 0.15) is 0 Å². The van der Waals surface area contributed by atoms with Crippen molar-refractivity contribution in [3.8, 4) is 0 Å². The highest BCUT2D eigenvalue weighted by atomic mass is 16.2. The van der Waals surface area contributed by atoms with E-state index in [1.165, 1.54) is 29.7 Å². The number of amides is 1. The molecular formula is C16H25N2O+. The van der Waals surface area contributed by atoms with Crippen molar-refractivity contribution < 1.29 is 9.69 Å². The first kappa shape index (κ1) is 14.1. The first-order chi connectivity index (χ1) is 9.08. The van der Waals surface area contributed by atoms with Gasteiger partial charge in [-0.05, 0) is 51.7 Å². The fraction of sp³-hybridized carbons (Fsp3) is 0.562. The van der Waals surface area contributed by atoms with Crippen LogP contribution in [-0.2, 0) is 4.79 Å².